The van der Waals surface area contributed by atoms with Gasteiger partial charge in [0.25, 0.3) is 0 Å². The van der Waals surface area contributed by atoms with Crippen LogP contribution in [0, 0.1) is 0 Å². The highest BCUT2D eigenvalue weighted by Gasteiger charge is 2.26. The number of nitrogens with zero attached hydrogens (tertiary/aromatic N) is 1. The van der Waals surface area contributed by atoms with Crippen molar-refractivity contribution in [3.63, 3.8) is 0 Å². The van der Waals surface area contributed by atoms with Crippen molar-refractivity contribution >= 4 is 23.0 Å². The Balaban J connectivity index is 1.63. The molecule has 2 heterocycles. The molecule has 0 spiro atoms. The molecule has 30 heavy (non-hydrogen) atoms. The zero-order valence-corrected chi connectivity index (χ0v) is 17.6. The molecule has 0 saturated carbocycles. The summed E-state index contributed by atoms with van der Waals surface area (Å²) in [4.78, 5) is 12.2. The van der Waals surface area contributed by atoms with Gasteiger partial charge in [0.2, 0.25) is 5.88 Å². The lowest BCUT2D eigenvalue weighted by molar-refractivity contribution is -0.115. The number of benzene rings is 2. The second-order valence-electron chi connectivity index (χ2n) is 7.17. The first-order valence-electron chi connectivity index (χ1n) is 9.67. The maximum absolute atomic E-state index is 12.2. The molecule has 6 nitrogen and oxygen atoms in total. The number of allylic oxidation sites excluding steroid dienone is 2. The summed E-state index contributed by atoms with van der Waals surface area (Å²) in [5.74, 6) is 1.36. The number of carbonyl (C=O) groups is 1. The molecule has 1 fully saturated rings. The first kappa shape index (κ1) is 20.3. The molecule has 4 rings (SSSR count). The standard InChI is InChI=1S/C23H23ClN2O4/c1-15(27)20-8-5-17(24)11-22(20)21-9-10-26(25-23(21)30-19-13-29-14-19)12-16-3-6-18(28-2)7-4-16/h3-11,19,25H,12-14H2,1-2H3. The van der Waals surface area contributed by atoms with Gasteiger partial charge in [-0.3, -0.25) is 15.2 Å². The fraction of sp³-hybridized carbons (Fsp3) is 0.261. The SMILES string of the molecule is COc1ccc(CN2C=CC(c3cc(Cl)ccc3C(C)=O)=C(OC3COC3)N2)cc1. The van der Waals surface area contributed by atoms with Gasteiger partial charge >= 0.3 is 0 Å². The lowest BCUT2D eigenvalue weighted by Crippen LogP contribution is -2.42. The highest BCUT2D eigenvalue weighted by atomic mass is 35.5. The number of hydrogen-bond acceptors (Lipinski definition) is 6. The number of nitrogens with one attached hydrogen (secondary N) is 1. The van der Waals surface area contributed by atoms with E-state index in [1.807, 2.05) is 41.6 Å². The molecule has 0 radical (unpaired) electrons. The van der Waals surface area contributed by atoms with E-state index in [0.717, 1.165) is 22.4 Å². The van der Waals surface area contributed by atoms with Gasteiger partial charge in [-0.05, 0) is 54.5 Å². The van der Waals surface area contributed by atoms with Crippen LogP contribution >= 0.6 is 11.6 Å². The fourth-order valence-electron chi connectivity index (χ4n) is 3.29. The quantitative estimate of drug-likeness (QED) is 0.670. The second kappa shape index (κ2) is 8.81. The van der Waals surface area contributed by atoms with Gasteiger partial charge in [0.05, 0.1) is 26.9 Å². The number of ketones is 1. The van der Waals surface area contributed by atoms with Gasteiger partial charge in [-0.1, -0.05) is 23.7 Å². The lowest BCUT2D eigenvalue weighted by Gasteiger charge is -2.34. The molecule has 1 N–H and O–H groups in total. The summed E-state index contributed by atoms with van der Waals surface area (Å²) in [6.07, 6.45) is 3.83. The Morgan fingerprint density at radius 3 is 2.63 bits per heavy atom. The number of methoxy groups -OCH3 is 1. The topological polar surface area (TPSA) is 60.0 Å². The van der Waals surface area contributed by atoms with Crippen LogP contribution in [0.3, 0.4) is 0 Å². The molecular weight excluding hydrogens is 404 g/mol. The number of rotatable bonds is 7. The molecular formula is C23H23ClN2O4. The molecule has 0 atom stereocenters. The summed E-state index contributed by atoms with van der Waals surface area (Å²) >= 11 is 6.23. The van der Waals surface area contributed by atoms with Gasteiger partial charge in [-0.25, -0.2) is 0 Å². The van der Waals surface area contributed by atoms with Crippen LogP contribution in [0.25, 0.3) is 5.57 Å². The molecule has 2 aliphatic heterocycles. The minimum absolute atomic E-state index is 0.0307. The molecule has 1 saturated heterocycles. The molecule has 0 unspecified atom stereocenters. The summed E-state index contributed by atoms with van der Waals surface area (Å²) in [5, 5.41) is 2.49. The van der Waals surface area contributed by atoms with E-state index in [1.54, 1.807) is 32.2 Å². The molecule has 2 aliphatic rings. The third-order valence-electron chi connectivity index (χ3n) is 4.97. The summed E-state index contributed by atoms with van der Waals surface area (Å²) in [7, 11) is 1.65. The highest BCUT2D eigenvalue weighted by molar-refractivity contribution is 6.31. The van der Waals surface area contributed by atoms with Crippen LogP contribution < -0.4 is 10.2 Å². The summed E-state index contributed by atoms with van der Waals surface area (Å²) in [6, 6.07) is 13.1. The van der Waals surface area contributed by atoms with E-state index in [9.17, 15) is 4.79 Å². The summed E-state index contributed by atoms with van der Waals surface area (Å²) in [6.45, 7) is 3.24. The van der Waals surface area contributed by atoms with Crippen molar-refractivity contribution in [3.05, 3.63) is 82.3 Å². The number of ether oxygens (including phenoxy) is 3. The fourth-order valence-corrected chi connectivity index (χ4v) is 3.46. The molecule has 2 aromatic carbocycles. The highest BCUT2D eigenvalue weighted by Crippen LogP contribution is 2.30. The number of hydrogen-bond donors (Lipinski definition) is 1. The van der Waals surface area contributed by atoms with Gasteiger partial charge in [0, 0.05) is 22.4 Å². The molecule has 0 bridgehead atoms. The van der Waals surface area contributed by atoms with Crippen LogP contribution in [-0.4, -0.2) is 37.2 Å². The summed E-state index contributed by atoms with van der Waals surface area (Å²) < 4.78 is 16.6. The Hall–Kier alpha value is -2.96. The van der Waals surface area contributed by atoms with Crippen LogP contribution in [0.1, 0.15) is 28.4 Å². The largest absolute Gasteiger partial charge is 0.497 e. The zero-order valence-electron chi connectivity index (χ0n) is 16.9. The Labute approximate surface area is 180 Å². The number of halogens is 1. The predicted molar refractivity (Wildman–Crippen MR) is 115 cm³/mol. The zero-order chi connectivity index (χ0) is 21.1. The molecule has 0 aliphatic carbocycles. The smallest absolute Gasteiger partial charge is 0.214 e. The Kier molecular flexibility index (Phi) is 5.97. The third-order valence-corrected chi connectivity index (χ3v) is 5.20. The van der Waals surface area contributed by atoms with Gasteiger partial charge in [-0.2, -0.15) is 0 Å². The average Bonchev–Trinajstić information content (AvgIpc) is 2.71. The first-order chi connectivity index (χ1) is 14.5. The number of carbonyl (C=O) groups excluding carboxylic acids is 1. The maximum Gasteiger partial charge on any atom is 0.214 e. The maximum atomic E-state index is 12.2. The van der Waals surface area contributed by atoms with Crippen molar-refractivity contribution in [2.45, 2.75) is 19.6 Å². The Bertz CT molecular complexity index is 997. The van der Waals surface area contributed by atoms with Crippen molar-refractivity contribution in [1.29, 1.82) is 0 Å². The van der Waals surface area contributed by atoms with Crippen LogP contribution in [-0.2, 0) is 16.0 Å². The van der Waals surface area contributed by atoms with Crippen molar-refractivity contribution in [3.8, 4) is 5.75 Å². The van der Waals surface area contributed by atoms with E-state index >= 15 is 0 Å². The molecule has 2 aromatic rings. The van der Waals surface area contributed by atoms with E-state index < -0.39 is 0 Å². The van der Waals surface area contributed by atoms with Crippen molar-refractivity contribution < 1.29 is 19.0 Å². The Morgan fingerprint density at radius 1 is 1.23 bits per heavy atom. The second-order valence-corrected chi connectivity index (χ2v) is 7.61. The van der Waals surface area contributed by atoms with Gasteiger partial charge < -0.3 is 14.2 Å². The van der Waals surface area contributed by atoms with E-state index in [0.29, 0.717) is 36.2 Å². The normalized spacial score (nSPS) is 16.2. The molecule has 7 heteroatoms. The third kappa shape index (κ3) is 4.45. The monoisotopic (exact) mass is 426 g/mol. The van der Waals surface area contributed by atoms with Crippen LogP contribution in [0.2, 0.25) is 5.02 Å². The molecule has 156 valence electrons. The van der Waals surface area contributed by atoms with Crippen molar-refractivity contribution in [2.24, 2.45) is 0 Å². The van der Waals surface area contributed by atoms with E-state index in [-0.39, 0.29) is 11.9 Å². The molecule has 0 amide bonds. The van der Waals surface area contributed by atoms with E-state index in [4.69, 9.17) is 25.8 Å². The van der Waals surface area contributed by atoms with E-state index in [2.05, 4.69) is 5.43 Å². The van der Waals surface area contributed by atoms with Crippen molar-refractivity contribution in [2.75, 3.05) is 20.3 Å². The van der Waals surface area contributed by atoms with Crippen LogP contribution in [0.15, 0.2) is 60.6 Å². The lowest BCUT2D eigenvalue weighted by atomic mass is 9.97. The molecule has 0 aromatic heterocycles. The summed E-state index contributed by atoms with van der Waals surface area (Å²) in [5.41, 5.74) is 6.54. The van der Waals surface area contributed by atoms with Gasteiger partial charge in [-0.15, -0.1) is 0 Å². The minimum Gasteiger partial charge on any atom is -0.497 e. The van der Waals surface area contributed by atoms with Crippen LogP contribution in [0.5, 0.6) is 5.75 Å². The van der Waals surface area contributed by atoms with Crippen molar-refractivity contribution in [1.82, 2.24) is 10.4 Å². The van der Waals surface area contributed by atoms with E-state index in [1.165, 1.54) is 0 Å². The number of Topliss-reactive ketones (excluding diaryl/α,β-unsaturated/α-hetero) is 1. The van der Waals surface area contributed by atoms with Gasteiger partial charge in [0.1, 0.15) is 11.9 Å². The van der Waals surface area contributed by atoms with Crippen LogP contribution in [0.4, 0.5) is 0 Å². The average molecular weight is 427 g/mol. The Morgan fingerprint density at radius 2 is 2.00 bits per heavy atom. The van der Waals surface area contributed by atoms with Gasteiger partial charge in [0.15, 0.2) is 5.78 Å². The first-order valence-corrected chi connectivity index (χ1v) is 10.1. The number of hydrazine groups is 1. The minimum atomic E-state index is -0.0328. The predicted octanol–water partition coefficient (Wildman–Crippen LogP) is 4.17.